The number of phenolic OH excluding ortho intramolecular Hbond substituents is 1. The van der Waals surface area contributed by atoms with Crippen molar-refractivity contribution in [3.8, 4) is 11.5 Å². The Labute approximate surface area is 132 Å². The Morgan fingerprint density at radius 3 is 2.77 bits per heavy atom. The monoisotopic (exact) mass is 306 g/mol. The third kappa shape index (κ3) is 5.13. The summed E-state index contributed by atoms with van der Waals surface area (Å²) in [6.45, 7) is 1.10. The fourth-order valence-electron chi connectivity index (χ4n) is 2.98. The summed E-state index contributed by atoms with van der Waals surface area (Å²) in [5, 5.41) is 15.3. The van der Waals surface area contributed by atoms with Crippen LogP contribution in [0.3, 0.4) is 0 Å². The van der Waals surface area contributed by atoms with Crippen molar-refractivity contribution in [2.45, 2.75) is 45.1 Å². The third-order valence-electron chi connectivity index (χ3n) is 4.25. The molecule has 0 aromatic heterocycles. The Bertz CT molecular complexity index is 485. The molecule has 5 nitrogen and oxygen atoms in total. The Morgan fingerprint density at radius 1 is 1.32 bits per heavy atom. The molecule has 0 unspecified atom stereocenters. The summed E-state index contributed by atoms with van der Waals surface area (Å²) in [6, 6.07) is 4.94. The van der Waals surface area contributed by atoms with Crippen molar-refractivity contribution in [3.63, 3.8) is 0 Å². The molecule has 1 aromatic carbocycles. The molecule has 5 heteroatoms. The van der Waals surface area contributed by atoms with Crippen molar-refractivity contribution < 1.29 is 14.6 Å². The quantitative estimate of drug-likeness (QED) is 0.678. The fourth-order valence-corrected chi connectivity index (χ4v) is 2.98. The molecule has 0 radical (unpaired) electrons. The molecule has 122 valence electrons. The Balaban J connectivity index is 1.61. The molecule has 0 aliphatic heterocycles. The maximum absolute atomic E-state index is 11.7. The zero-order chi connectivity index (χ0) is 15.8. The molecular weight excluding hydrogens is 280 g/mol. The van der Waals surface area contributed by atoms with Crippen LogP contribution in [0.1, 0.15) is 44.1 Å². The maximum atomic E-state index is 11.7. The van der Waals surface area contributed by atoms with Crippen LogP contribution in [0.25, 0.3) is 0 Å². The first kappa shape index (κ1) is 16.5. The normalized spacial score (nSPS) is 14.8. The van der Waals surface area contributed by atoms with Crippen LogP contribution in [0.5, 0.6) is 11.5 Å². The first-order chi connectivity index (χ1) is 10.7. The zero-order valence-electron chi connectivity index (χ0n) is 13.2. The second-order valence-electron chi connectivity index (χ2n) is 5.91. The van der Waals surface area contributed by atoms with Gasteiger partial charge < -0.3 is 20.5 Å². The standard InChI is InChI=1S/C17H26N2O3/c1-22-16-9-8-14(11-15(16)20)12-19-17(21)18-10-4-7-13-5-2-3-6-13/h8-9,11,13,20H,2-7,10,12H2,1H3,(H2,18,19,21). The van der Waals surface area contributed by atoms with E-state index in [1.54, 1.807) is 12.1 Å². The van der Waals surface area contributed by atoms with Gasteiger partial charge in [0.1, 0.15) is 0 Å². The summed E-state index contributed by atoms with van der Waals surface area (Å²) in [5.74, 6) is 1.38. The third-order valence-corrected chi connectivity index (χ3v) is 4.25. The van der Waals surface area contributed by atoms with Gasteiger partial charge in [-0.05, 0) is 36.5 Å². The van der Waals surface area contributed by atoms with Gasteiger partial charge in [-0.3, -0.25) is 0 Å². The van der Waals surface area contributed by atoms with Gasteiger partial charge in [-0.2, -0.15) is 0 Å². The summed E-state index contributed by atoms with van der Waals surface area (Å²) < 4.78 is 4.98. The van der Waals surface area contributed by atoms with Gasteiger partial charge in [0.05, 0.1) is 7.11 Å². The Kier molecular flexibility index (Phi) is 6.37. The van der Waals surface area contributed by atoms with Gasteiger partial charge in [-0.1, -0.05) is 31.7 Å². The highest BCUT2D eigenvalue weighted by Gasteiger charge is 2.14. The van der Waals surface area contributed by atoms with E-state index < -0.39 is 0 Å². The fraction of sp³-hybridized carbons (Fsp3) is 0.588. The van der Waals surface area contributed by atoms with Crippen LogP contribution in [0.15, 0.2) is 18.2 Å². The lowest BCUT2D eigenvalue weighted by molar-refractivity contribution is 0.240. The molecule has 1 saturated carbocycles. The van der Waals surface area contributed by atoms with Crippen LogP contribution in [-0.4, -0.2) is 24.8 Å². The number of phenols is 1. The minimum Gasteiger partial charge on any atom is -0.504 e. The van der Waals surface area contributed by atoms with E-state index in [4.69, 9.17) is 4.74 Å². The summed E-state index contributed by atoms with van der Waals surface area (Å²) in [5.41, 5.74) is 0.833. The van der Waals surface area contributed by atoms with Crippen LogP contribution in [-0.2, 0) is 6.54 Å². The average Bonchev–Trinajstić information content (AvgIpc) is 3.03. The maximum Gasteiger partial charge on any atom is 0.315 e. The number of hydrogen-bond acceptors (Lipinski definition) is 3. The van der Waals surface area contributed by atoms with E-state index in [0.29, 0.717) is 12.3 Å². The van der Waals surface area contributed by atoms with Crippen molar-refractivity contribution >= 4 is 6.03 Å². The number of benzene rings is 1. The molecule has 22 heavy (non-hydrogen) atoms. The molecule has 3 N–H and O–H groups in total. The van der Waals surface area contributed by atoms with Gasteiger partial charge in [-0.25, -0.2) is 4.79 Å². The van der Waals surface area contributed by atoms with Crippen molar-refractivity contribution in [1.82, 2.24) is 10.6 Å². The van der Waals surface area contributed by atoms with Crippen LogP contribution in [0.4, 0.5) is 4.79 Å². The lowest BCUT2D eigenvalue weighted by Gasteiger charge is -2.11. The highest BCUT2D eigenvalue weighted by atomic mass is 16.5. The summed E-state index contributed by atoms with van der Waals surface area (Å²) in [4.78, 5) is 11.7. The molecule has 0 spiro atoms. The number of methoxy groups -OCH3 is 1. The highest BCUT2D eigenvalue weighted by molar-refractivity contribution is 5.73. The average molecular weight is 306 g/mol. The van der Waals surface area contributed by atoms with Crippen molar-refractivity contribution in [1.29, 1.82) is 0 Å². The molecule has 2 rings (SSSR count). The predicted molar refractivity (Wildman–Crippen MR) is 86.1 cm³/mol. The minimum absolute atomic E-state index is 0.0822. The molecule has 0 bridgehead atoms. The summed E-state index contributed by atoms with van der Waals surface area (Å²) >= 11 is 0. The van der Waals surface area contributed by atoms with Crippen LogP contribution < -0.4 is 15.4 Å². The molecule has 0 heterocycles. The number of rotatable bonds is 7. The number of hydrogen-bond donors (Lipinski definition) is 3. The SMILES string of the molecule is COc1ccc(CNC(=O)NCCCC2CCCC2)cc1O. The number of carbonyl (C=O) groups is 1. The van der Waals surface area contributed by atoms with E-state index in [1.165, 1.54) is 39.2 Å². The number of amides is 2. The lowest BCUT2D eigenvalue weighted by Crippen LogP contribution is -2.35. The van der Waals surface area contributed by atoms with Crippen LogP contribution in [0.2, 0.25) is 0 Å². The summed E-state index contributed by atoms with van der Waals surface area (Å²) in [6.07, 6.45) is 7.70. The topological polar surface area (TPSA) is 70.6 Å². The van der Waals surface area contributed by atoms with Gasteiger partial charge in [0, 0.05) is 13.1 Å². The van der Waals surface area contributed by atoms with E-state index >= 15 is 0 Å². The molecule has 1 fully saturated rings. The second-order valence-corrected chi connectivity index (χ2v) is 5.91. The summed E-state index contributed by atoms with van der Waals surface area (Å²) in [7, 11) is 1.51. The van der Waals surface area contributed by atoms with Crippen molar-refractivity contribution in [2.75, 3.05) is 13.7 Å². The number of nitrogens with one attached hydrogen (secondary N) is 2. The van der Waals surface area contributed by atoms with E-state index in [0.717, 1.165) is 24.4 Å². The largest absolute Gasteiger partial charge is 0.504 e. The molecule has 0 saturated heterocycles. The number of carbonyl (C=O) groups excluding carboxylic acids is 1. The predicted octanol–water partition coefficient (Wildman–Crippen LogP) is 3.17. The van der Waals surface area contributed by atoms with Crippen molar-refractivity contribution in [2.24, 2.45) is 5.92 Å². The molecular formula is C17H26N2O3. The molecule has 2 amide bonds. The van der Waals surface area contributed by atoms with E-state index in [9.17, 15) is 9.90 Å². The van der Waals surface area contributed by atoms with E-state index in [2.05, 4.69) is 10.6 Å². The molecule has 1 aromatic rings. The lowest BCUT2D eigenvalue weighted by atomic mass is 10.0. The first-order valence-electron chi connectivity index (χ1n) is 8.06. The van der Waals surface area contributed by atoms with Gasteiger partial charge in [-0.15, -0.1) is 0 Å². The van der Waals surface area contributed by atoms with Crippen LogP contribution >= 0.6 is 0 Å². The van der Waals surface area contributed by atoms with Gasteiger partial charge in [0.15, 0.2) is 11.5 Å². The molecule has 1 aliphatic carbocycles. The van der Waals surface area contributed by atoms with Gasteiger partial charge in [0.2, 0.25) is 0 Å². The van der Waals surface area contributed by atoms with Crippen molar-refractivity contribution in [3.05, 3.63) is 23.8 Å². The van der Waals surface area contributed by atoms with Gasteiger partial charge >= 0.3 is 6.03 Å². The molecule has 1 aliphatic rings. The Hall–Kier alpha value is -1.91. The highest BCUT2D eigenvalue weighted by Crippen LogP contribution is 2.28. The minimum atomic E-state index is -0.165. The zero-order valence-corrected chi connectivity index (χ0v) is 13.2. The number of urea groups is 1. The number of ether oxygens (including phenoxy) is 1. The second kappa shape index (κ2) is 8.51. The number of aromatic hydroxyl groups is 1. The van der Waals surface area contributed by atoms with Gasteiger partial charge in [0.25, 0.3) is 0 Å². The first-order valence-corrected chi connectivity index (χ1v) is 8.06. The molecule has 0 atom stereocenters. The van der Waals surface area contributed by atoms with E-state index in [-0.39, 0.29) is 11.8 Å². The Morgan fingerprint density at radius 2 is 2.09 bits per heavy atom. The van der Waals surface area contributed by atoms with Crippen LogP contribution in [0, 0.1) is 5.92 Å². The smallest absolute Gasteiger partial charge is 0.315 e. The van der Waals surface area contributed by atoms with E-state index in [1.807, 2.05) is 6.07 Å².